The molecule has 1 aromatic heterocycles. The number of nitrogens with one attached hydrogen (secondary N) is 2. The molecular weight excluding hydrogens is 260 g/mol. The van der Waals surface area contributed by atoms with Gasteiger partial charge in [-0.2, -0.15) is 5.10 Å². The number of amides is 2. The standard InChI is InChI=1S/C13H12N4O3/c18-12(6-9-17-8-3-7-14-17)15-10-4-1-2-5-11(10)16-13(19)20/h1-9,16H,(H,15,18)(H,19,20). The highest BCUT2D eigenvalue weighted by Gasteiger charge is 2.06. The van der Waals surface area contributed by atoms with Gasteiger partial charge < -0.3 is 10.4 Å². The number of hydrogen-bond donors (Lipinski definition) is 3. The lowest BCUT2D eigenvalue weighted by atomic mass is 10.2. The van der Waals surface area contributed by atoms with Crippen molar-refractivity contribution in [2.45, 2.75) is 0 Å². The first-order chi connectivity index (χ1) is 9.65. The highest BCUT2D eigenvalue weighted by Crippen LogP contribution is 2.20. The van der Waals surface area contributed by atoms with Gasteiger partial charge in [0.25, 0.3) is 0 Å². The molecule has 2 amide bonds. The number of aromatic nitrogens is 2. The van der Waals surface area contributed by atoms with Crippen LogP contribution in [-0.2, 0) is 4.79 Å². The fourth-order valence-corrected chi connectivity index (χ4v) is 1.50. The van der Waals surface area contributed by atoms with Gasteiger partial charge in [0.2, 0.25) is 5.91 Å². The van der Waals surface area contributed by atoms with Crippen LogP contribution < -0.4 is 10.6 Å². The van der Waals surface area contributed by atoms with Gasteiger partial charge in [0.15, 0.2) is 0 Å². The maximum Gasteiger partial charge on any atom is 0.409 e. The Hall–Kier alpha value is -3.09. The van der Waals surface area contributed by atoms with Gasteiger partial charge in [-0.3, -0.25) is 10.1 Å². The highest BCUT2D eigenvalue weighted by molar-refractivity contribution is 6.04. The maximum absolute atomic E-state index is 11.7. The molecule has 2 rings (SSSR count). The van der Waals surface area contributed by atoms with Crippen molar-refractivity contribution in [1.29, 1.82) is 0 Å². The maximum atomic E-state index is 11.7. The zero-order valence-electron chi connectivity index (χ0n) is 10.4. The first-order valence-electron chi connectivity index (χ1n) is 5.72. The minimum atomic E-state index is -1.20. The summed E-state index contributed by atoms with van der Waals surface area (Å²) in [5.41, 5.74) is 0.686. The Bertz CT molecular complexity index is 635. The Kier molecular flexibility index (Phi) is 4.13. The third-order valence-corrected chi connectivity index (χ3v) is 2.33. The molecule has 0 atom stereocenters. The van der Waals surface area contributed by atoms with Crippen LogP contribution >= 0.6 is 0 Å². The summed E-state index contributed by atoms with van der Waals surface area (Å²) in [7, 11) is 0. The van der Waals surface area contributed by atoms with Gasteiger partial charge in [0.1, 0.15) is 0 Å². The molecule has 102 valence electrons. The van der Waals surface area contributed by atoms with Crippen LogP contribution in [-0.4, -0.2) is 26.9 Å². The third kappa shape index (κ3) is 3.70. The van der Waals surface area contributed by atoms with Gasteiger partial charge in [-0.25, -0.2) is 9.48 Å². The summed E-state index contributed by atoms with van der Waals surface area (Å²) >= 11 is 0. The second kappa shape index (κ2) is 6.19. The van der Waals surface area contributed by atoms with E-state index in [0.717, 1.165) is 0 Å². The minimum Gasteiger partial charge on any atom is -0.465 e. The predicted octanol–water partition coefficient (Wildman–Crippen LogP) is 2.08. The normalized spacial score (nSPS) is 10.4. The van der Waals surface area contributed by atoms with Crippen LogP contribution in [0, 0.1) is 0 Å². The number of hydrogen-bond acceptors (Lipinski definition) is 3. The fraction of sp³-hybridized carbons (Fsp3) is 0. The molecule has 7 nitrogen and oxygen atoms in total. The zero-order valence-corrected chi connectivity index (χ0v) is 10.4. The summed E-state index contributed by atoms with van der Waals surface area (Å²) in [4.78, 5) is 22.4. The molecule has 0 bridgehead atoms. The molecule has 1 heterocycles. The Morgan fingerprint density at radius 3 is 2.45 bits per heavy atom. The Morgan fingerprint density at radius 2 is 1.85 bits per heavy atom. The second-order valence-electron chi connectivity index (χ2n) is 3.77. The van der Waals surface area contributed by atoms with Crippen LogP contribution in [0.5, 0.6) is 0 Å². The van der Waals surface area contributed by atoms with Gasteiger partial charge in [0.05, 0.1) is 11.4 Å². The van der Waals surface area contributed by atoms with Crippen molar-refractivity contribution in [1.82, 2.24) is 9.78 Å². The molecule has 0 radical (unpaired) electrons. The number of carboxylic acid groups (broad SMARTS) is 1. The predicted molar refractivity (Wildman–Crippen MR) is 74.3 cm³/mol. The quantitative estimate of drug-likeness (QED) is 0.742. The van der Waals surface area contributed by atoms with Gasteiger partial charge >= 0.3 is 6.09 Å². The van der Waals surface area contributed by atoms with Crippen molar-refractivity contribution < 1.29 is 14.7 Å². The molecule has 0 spiro atoms. The lowest BCUT2D eigenvalue weighted by Crippen LogP contribution is -2.13. The van der Waals surface area contributed by atoms with Gasteiger partial charge in [-0.1, -0.05) is 12.1 Å². The molecule has 0 aliphatic carbocycles. The van der Waals surface area contributed by atoms with E-state index in [0.29, 0.717) is 11.4 Å². The molecule has 0 saturated heterocycles. The van der Waals surface area contributed by atoms with Gasteiger partial charge in [0, 0.05) is 24.7 Å². The largest absolute Gasteiger partial charge is 0.465 e. The smallest absolute Gasteiger partial charge is 0.409 e. The molecule has 20 heavy (non-hydrogen) atoms. The van der Waals surface area contributed by atoms with Gasteiger partial charge in [-0.05, 0) is 18.2 Å². The van der Waals surface area contributed by atoms with Crippen LogP contribution in [0.1, 0.15) is 0 Å². The topological polar surface area (TPSA) is 96.3 Å². The Morgan fingerprint density at radius 1 is 1.15 bits per heavy atom. The molecular formula is C13H12N4O3. The molecule has 0 aliphatic heterocycles. The van der Waals surface area contributed by atoms with Crippen LogP contribution in [0.25, 0.3) is 6.20 Å². The zero-order chi connectivity index (χ0) is 14.4. The van der Waals surface area contributed by atoms with Crippen LogP contribution in [0.15, 0.2) is 48.8 Å². The second-order valence-corrected chi connectivity index (χ2v) is 3.77. The third-order valence-electron chi connectivity index (χ3n) is 2.33. The lowest BCUT2D eigenvalue weighted by Gasteiger charge is -2.08. The molecule has 3 N–H and O–H groups in total. The van der Waals surface area contributed by atoms with E-state index >= 15 is 0 Å². The summed E-state index contributed by atoms with van der Waals surface area (Å²) in [5, 5.41) is 17.4. The number of carbonyl (C=O) groups excluding carboxylic acids is 1. The monoisotopic (exact) mass is 272 g/mol. The van der Waals surface area contributed by atoms with Crippen LogP contribution in [0.4, 0.5) is 16.2 Å². The van der Waals surface area contributed by atoms with E-state index < -0.39 is 6.09 Å². The molecule has 0 unspecified atom stereocenters. The number of carbonyl (C=O) groups is 2. The molecule has 0 aliphatic rings. The number of rotatable bonds is 4. The molecule has 2 aromatic rings. The van der Waals surface area contributed by atoms with Crippen molar-refractivity contribution in [2.75, 3.05) is 10.6 Å². The van der Waals surface area contributed by atoms with Crippen LogP contribution in [0.2, 0.25) is 0 Å². The SMILES string of the molecule is O=C(O)Nc1ccccc1NC(=O)C=Cn1cccn1. The number of anilines is 2. The molecule has 7 heteroatoms. The van der Waals surface area contributed by atoms with E-state index in [-0.39, 0.29) is 5.91 Å². The molecule has 0 fully saturated rings. The fourth-order valence-electron chi connectivity index (χ4n) is 1.50. The highest BCUT2D eigenvalue weighted by atomic mass is 16.4. The van der Waals surface area contributed by atoms with E-state index in [9.17, 15) is 9.59 Å². The number of nitrogens with zero attached hydrogens (tertiary/aromatic N) is 2. The van der Waals surface area contributed by atoms with E-state index in [4.69, 9.17) is 5.11 Å². The van der Waals surface area contributed by atoms with Crippen molar-refractivity contribution in [2.24, 2.45) is 0 Å². The summed E-state index contributed by atoms with van der Waals surface area (Å²) in [6.45, 7) is 0. The van der Waals surface area contributed by atoms with Crippen LogP contribution in [0.3, 0.4) is 0 Å². The Balaban J connectivity index is 2.06. The first-order valence-corrected chi connectivity index (χ1v) is 5.72. The minimum absolute atomic E-state index is 0.306. The van der Waals surface area contributed by atoms with Crippen molar-refractivity contribution in [3.8, 4) is 0 Å². The van der Waals surface area contributed by atoms with E-state index in [1.54, 1.807) is 42.7 Å². The first kappa shape index (κ1) is 13.3. The summed E-state index contributed by atoms with van der Waals surface area (Å²) < 4.78 is 1.47. The van der Waals surface area contributed by atoms with Crippen molar-refractivity contribution in [3.05, 3.63) is 48.8 Å². The van der Waals surface area contributed by atoms with Gasteiger partial charge in [-0.15, -0.1) is 0 Å². The van der Waals surface area contributed by atoms with E-state index in [1.165, 1.54) is 17.0 Å². The summed E-state index contributed by atoms with van der Waals surface area (Å²) in [6, 6.07) is 8.25. The van der Waals surface area contributed by atoms with Crippen molar-refractivity contribution >= 4 is 29.6 Å². The number of benzene rings is 1. The van der Waals surface area contributed by atoms with E-state index in [1.807, 2.05) is 0 Å². The number of para-hydroxylation sites is 2. The molecule has 0 saturated carbocycles. The average molecular weight is 272 g/mol. The van der Waals surface area contributed by atoms with E-state index in [2.05, 4.69) is 15.7 Å². The average Bonchev–Trinajstić information content (AvgIpc) is 2.91. The Labute approximate surface area is 114 Å². The molecule has 1 aromatic carbocycles. The van der Waals surface area contributed by atoms with Crippen molar-refractivity contribution in [3.63, 3.8) is 0 Å². The summed E-state index contributed by atoms with van der Waals surface area (Å²) in [6.07, 6.45) is 4.87. The summed E-state index contributed by atoms with van der Waals surface area (Å²) in [5.74, 6) is -0.389. The lowest BCUT2D eigenvalue weighted by molar-refractivity contribution is -0.111.